The van der Waals surface area contributed by atoms with Crippen molar-refractivity contribution in [2.75, 3.05) is 26.2 Å². The molecule has 6 heteroatoms. The van der Waals surface area contributed by atoms with Gasteiger partial charge in [-0.15, -0.1) is 0 Å². The Hall–Kier alpha value is -2.18. The number of aromatic nitrogens is 2. The van der Waals surface area contributed by atoms with Crippen LogP contribution in [0.3, 0.4) is 0 Å². The van der Waals surface area contributed by atoms with E-state index in [2.05, 4.69) is 40.4 Å². The van der Waals surface area contributed by atoms with Gasteiger partial charge in [0.05, 0.1) is 12.3 Å². The molecule has 2 aliphatic rings. The van der Waals surface area contributed by atoms with Crippen molar-refractivity contribution in [1.29, 1.82) is 0 Å². The zero-order chi connectivity index (χ0) is 17.4. The summed E-state index contributed by atoms with van der Waals surface area (Å²) in [7, 11) is 0. The van der Waals surface area contributed by atoms with Gasteiger partial charge in [0.2, 0.25) is 5.91 Å². The number of carbonyl (C=O) groups is 1. The first kappa shape index (κ1) is 16.3. The molecule has 1 aliphatic heterocycles. The summed E-state index contributed by atoms with van der Waals surface area (Å²) in [5, 5.41) is 15.9. The number of hydrogen-bond acceptors (Lipinski definition) is 4. The zero-order valence-corrected chi connectivity index (χ0v) is 14.4. The molecule has 1 saturated heterocycles. The largest absolute Gasteiger partial charge is 0.395 e. The highest BCUT2D eigenvalue weighted by Crippen LogP contribution is 2.52. The third kappa shape index (κ3) is 3.19. The summed E-state index contributed by atoms with van der Waals surface area (Å²) in [5.41, 5.74) is 3.68. The van der Waals surface area contributed by atoms with Gasteiger partial charge < -0.3 is 10.4 Å². The zero-order valence-electron chi connectivity index (χ0n) is 14.4. The monoisotopic (exact) mass is 340 g/mol. The summed E-state index contributed by atoms with van der Waals surface area (Å²) < 4.78 is 1.87. The van der Waals surface area contributed by atoms with Crippen LogP contribution in [0.1, 0.15) is 11.1 Å². The van der Waals surface area contributed by atoms with Gasteiger partial charge in [-0.2, -0.15) is 5.10 Å². The minimum absolute atomic E-state index is 0.00766. The van der Waals surface area contributed by atoms with E-state index in [4.69, 9.17) is 5.11 Å². The first-order chi connectivity index (χ1) is 12.2. The highest BCUT2D eigenvalue weighted by molar-refractivity contribution is 5.82. The van der Waals surface area contributed by atoms with E-state index >= 15 is 0 Å². The smallest absolute Gasteiger partial charge is 0.223 e. The van der Waals surface area contributed by atoms with Gasteiger partial charge in [0, 0.05) is 44.5 Å². The third-order valence-electron chi connectivity index (χ3n) is 5.47. The number of benzene rings is 1. The number of aliphatic hydroxyl groups is 1. The van der Waals surface area contributed by atoms with Gasteiger partial charge in [-0.3, -0.25) is 9.69 Å². The molecule has 6 nitrogen and oxygen atoms in total. The lowest BCUT2D eigenvalue weighted by Crippen LogP contribution is -2.33. The first-order valence-electron chi connectivity index (χ1n) is 8.88. The number of aryl methyl sites for hydroxylation is 1. The molecular weight excluding hydrogens is 316 g/mol. The number of nitrogens with zero attached hydrogens (tertiary/aromatic N) is 3. The molecule has 3 atom stereocenters. The van der Waals surface area contributed by atoms with Crippen molar-refractivity contribution < 1.29 is 9.90 Å². The van der Waals surface area contributed by atoms with Crippen LogP contribution in [0, 0.1) is 24.7 Å². The molecule has 1 aliphatic carbocycles. The van der Waals surface area contributed by atoms with Crippen LogP contribution in [0.25, 0.3) is 5.69 Å². The molecule has 0 radical (unpaired) electrons. The Morgan fingerprint density at radius 3 is 2.80 bits per heavy atom. The average Bonchev–Trinajstić information content (AvgIpc) is 3.01. The molecule has 4 rings (SSSR count). The van der Waals surface area contributed by atoms with E-state index in [9.17, 15) is 4.79 Å². The van der Waals surface area contributed by atoms with Crippen LogP contribution < -0.4 is 5.32 Å². The molecular formula is C19H24N4O2. The van der Waals surface area contributed by atoms with Crippen LogP contribution in [0.15, 0.2) is 36.7 Å². The van der Waals surface area contributed by atoms with Gasteiger partial charge in [0.15, 0.2) is 0 Å². The summed E-state index contributed by atoms with van der Waals surface area (Å²) in [6, 6.07) is 8.39. The number of piperidine rings is 1. The fourth-order valence-corrected chi connectivity index (χ4v) is 4.09. The van der Waals surface area contributed by atoms with Crippen molar-refractivity contribution in [3.63, 3.8) is 0 Å². The molecule has 132 valence electrons. The van der Waals surface area contributed by atoms with Gasteiger partial charge in [0.1, 0.15) is 0 Å². The molecule has 2 heterocycles. The number of carbonyl (C=O) groups excluding carboxylic acids is 1. The van der Waals surface area contributed by atoms with Crippen molar-refractivity contribution in [3.05, 3.63) is 47.8 Å². The van der Waals surface area contributed by atoms with E-state index in [0.29, 0.717) is 18.4 Å². The number of likely N-dealkylation sites (tertiary alicyclic amines) is 1. The molecule has 1 amide bonds. The van der Waals surface area contributed by atoms with E-state index in [-0.39, 0.29) is 18.4 Å². The SMILES string of the molecule is Cc1cc(-n2cccn2)ccc1CN1C[C@@H]2C(C(=O)NCCO)[C@@H]2C1. The average molecular weight is 340 g/mol. The predicted molar refractivity (Wildman–Crippen MR) is 94.1 cm³/mol. The molecule has 1 aromatic carbocycles. The molecule has 2 fully saturated rings. The molecule has 0 spiro atoms. The van der Waals surface area contributed by atoms with E-state index in [1.807, 2.05) is 16.9 Å². The second-order valence-electron chi connectivity index (χ2n) is 7.12. The molecule has 2 aromatic rings. The number of rotatable bonds is 6. The minimum atomic E-state index is 0.00766. The van der Waals surface area contributed by atoms with Crippen molar-refractivity contribution in [3.8, 4) is 5.69 Å². The summed E-state index contributed by atoms with van der Waals surface area (Å²) in [5.74, 6) is 1.25. The normalized spacial score (nSPS) is 25.0. The van der Waals surface area contributed by atoms with Crippen LogP contribution in [-0.2, 0) is 11.3 Å². The Morgan fingerprint density at radius 2 is 2.16 bits per heavy atom. The van der Waals surface area contributed by atoms with Crippen LogP contribution >= 0.6 is 0 Å². The summed E-state index contributed by atoms with van der Waals surface area (Å²) in [6.45, 7) is 5.42. The quantitative estimate of drug-likeness (QED) is 0.822. The van der Waals surface area contributed by atoms with Crippen LogP contribution in [-0.4, -0.2) is 51.9 Å². The summed E-state index contributed by atoms with van der Waals surface area (Å²) in [4.78, 5) is 14.4. The predicted octanol–water partition coefficient (Wildman–Crippen LogP) is 0.967. The maximum atomic E-state index is 12.0. The van der Waals surface area contributed by atoms with E-state index in [1.54, 1.807) is 6.20 Å². The van der Waals surface area contributed by atoms with Crippen molar-refractivity contribution >= 4 is 5.91 Å². The highest BCUT2D eigenvalue weighted by atomic mass is 16.3. The fourth-order valence-electron chi connectivity index (χ4n) is 4.09. The number of fused-ring (bicyclic) bond motifs is 1. The van der Waals surface area contributed by atoms with Gasteiger partial charge >= 0.3 is 0 Å². The molecule has 1 saturated carbocycles. The molecule has 2 N–H and O–H groups in total. The highest BCUT2D eigenvalue weighted by Gasteiger charge is 2.58. The number of amides is 1. The van der Waals surface area contributed by atoms with Crippen molar-refractivity contribution in [2.24, 2.45) is 17.8 Å². The van der Waals surface area contributed by atoms with E-state index in [1.165, 1.54) is 11.1 Å². The maximum Gasteiger partial charge on any atom is 0.223 e. The van der Waals surface area contributed by atoms with Crippen molar-refractivity contribution in [2.45, 2.75) is 13.5 Å². The van der Waals surface area contributed by atoms with Gasteiger partial charge in [-0.25, -0.2) is 4.68 Å². The lowest BCUT2D eigenvalue weighted by molar-refractivity contribution is -0.123. The second kappa shape index (κ2) is 6.61. The lowest BCUT2D eigenvalue weighted by atomic mass is 10.1. The lowest BCUT2D eigenvalue weighted by Gasteiger charge is -2.20. The number of aliphatic hydroxyl groups excluding tert-OH is 1. The van der Waals surface area contributed by atoms with Gasteiger partial charge in [-0.05, 0) is 48.1 Å². The summed E-state index contributed by atoms with van der Waals surface area (Å²) >= 11 is 0. The summed E-state index contributed by atoms with van der Waals surface area (Å²) in [6.07, 6.45) is 3.73. The van der Waals surface area contributed by atoms with Crippen LogP contribution in [0.2, 0.25) is 0 Å². The standard InChI is InChI=1S/C19H24N4O2/c1-13-9-15(23-7-2-5-21-23)4-3-14(13)10-22-11-16-17(12-22)18(16)19(25)20-6-8-24/h2-5,7,9,16-18,24H,6,8,10-12H2,1H3,(H,20,25)/t16-,17+,18?. The minimum Gasteiger partial charge on any atom is -0.395 e. The number of hydrogen-bond donors (Lipinski definition) is 2. The van der Waals surface area contributed by atoms with Gasteiger partial charge in [-0.1, -0.05) is 6.07 Å². The molecule has 1 aromatic heterocycles. The topological polar surface area (TPSA) is 70.4 Å². The van der Waals surface area contributed by atoms with Crippen molar-refractivity contribution in [1.82, 2.24) is 20.0 Å². The Labute approximate surface area is 147 Å². The Bertz CT molecular complexity index is 747. The fraction of sp³-hybridized carbons (Fsp3) is 0.474. The van der Waals surface area contributed by atoms with Gasteiger partial charge in [0.25, 0.3) is 0 Å². The molecule has 25 heavy (non-hydrogen) atoms. The number of nitrogens with one attached hydrogen (secondary N) is 1. The van der Waals surface area contributed by atoms with E-state index in [0.717, 1.165) is 25.3 Å². The third-order valence-corrected chi connectivity index (χ3v) is 5.47. The molecule has 0 bridgehead atoms. The Morgan fingerprint density at radius 1 is 1.36 bits per heavy atom. The Kier molecular flexibility index (Phi) is 4.31. The van der Waals surface area contributed by atoms with Crippen LogP contribution in [0.4, 0.5) is 0 Å². The first-order valence-corrected chi connectivity index (χ1v) is 8.88. The Balaban J connectivity index is 1.34. The second-order valence-corrected chi connectivity index (χ2v) is 7.12. The van der Waals surface area contributed by atoms with Crippen LogP contribution in [0.5, 0.6) is 0 Å². The van der Waals surface area contributed by atoms with E-state index < -0.39 is 0 Å². The molecule has 1 unspecified atom stereocenters. The maximum absolute atomic E-state index is 12.0.